The van der Waals surface area contributed by atoms with E-state index in [0.29, 0.717) is 18.5 Å². The third kappa shape index (κ3) is 3.88. The van der Waals surface area contributed by atoms with Crippen molar-refractivity contribution in [1.29, 1.82) is 0 Å². The molecular formula is C18H21F2N. The summed E-state index contributed by atoms with van der Waals surface area (Å²) in [5, 5.41) is 3.20. The molecule has 1 N–H and O–H groups in total. The summed E-state index contributed by atoms with van der Waals surface area (Å²) in [7, 11) is 0. The molecule has 0 spiro atoms. The predicted molar refractivity (Wildman–Crippen MR) is 82.3 cm³/mol. The number of rotatable bonds is 6. The molecule has 0 aliphatic heterocycles. The second-order valence-corrected chi connectivity index (χ2v) is 5.23. The smallest absolute Gasteiger partial charge is 0.133 e. The fourth-order valence-electron chi connectivity index (χ4n) is 2.55. The lowest BCUT2D eigenvalue weighted by Gasteiger charge is -2.20. The molecule has 0 radical (unpaired) electrons. The van der Waals surface area contributed by atoms with Crippen molar-refractivity contribution in [2.75, 3.05) is 6.54 Å². The van der Waals surface area contributed by atoms with E-state index >= 15 is 0 Å². The van der Waals surface area contributed by atoms with Gasteiger partial charge in [0.2, 0.25) is 0 Å². The maximum Gasteiger partial charge on any atom is 0.133 e. The SMILES string of the molecule is CCNC(CCc1ccccc1)c1c(F)ccc(C)c1F. The summed E-state index contributed by atoms with van der Waals surface area (Å²) >= 11 is 0. The lowest BCUT2D eigenvalue weighted by Crippen LogP contribution is -2.24. The average molecular weight is 289 g/mol. The van der Waals surface area contributed by atoms with E-state index in [0.717, 1.165) is 6.42 Å². The molecule has 0 saturated heterocycles. The molecule has 0 saturated carbocycles. The summed E-state index contributed by atoms with van der Waals surface area (Å²) in [6.07, 6.45) is 1.44. The molecule has 2 aromatic rings. The highest BCUT2D eigenvalue weighted by molar-refractivity contribution is 5.29. The molecule has 0 heterocycles. The van der Waals surface area contributed by atoms with Gasteiger partial charge in [-0.3, -0.25) is 0 Å². The van der Waals surface area contributed by atoms with E-state index in [-0.39, 0.29) is 11.6 Å². The maximum atomic E-state index is 14.3. The van der Waals surface area contributed by atoms with Gasteiger partial charge in [0.1, 0.15) is 11.6 Å². The number of halogens is 2. The van der Waals surface area contributed by atoms with Crippen molar-refractivity contribution in [1.82, 2.24) is 5.32 Å². The van der Waals surface area contributed by atoms with Crippen LogP contribution in [0.3, 0.4) is 0 Å². The monoisotopic (exact) mass is 289 g/mol. The fraction of sp³-hybridized carbons (Fsp3) is 0.333. The number of hydrogen-bond acceptors (Lipinski definition) is 1. The summed E-state index contributed by atoms with van der Waals surface area (Å²) in [6, 6.07) is 12.5. The highest BCUT2D eigenvalue weighted by Gasteiger charge is 2.20. The predicted octanol–water partition coefficient (Wildman–Crippen LogP) is 4.56. The van der Waals surface area contributed by atoms with E-state index in [1.807, 2.05) is 37.3 Å². The molecule has 0 aliphatic carbocycles. The zero-order chi connectivity index (χ0) is 15.2. The zero-order valence-electron chi connectivity index (χ0n) is 12.5. The van der Waals surface area contributed by atoms with Gasteiger partial charge in [-0.25, -0.2) is 8.78 Å². The molecule has 0 amide bonds. The zero-order valence-corrected chi connectivity index (χ0v) is 12.5. The van der Waals surface area contributed by atoms with Crippen LogP contribution in [0.1, 0.15) is 36.1 Å². The van der Waals surface area contributed by atoms with Gasteiger partial charge in [0, 0.05) is 11.6 Å². The van der Waals surface area contributed by atoms with Crippen molar-refractivity contribution in [2.45, 2.75) is 32.7 Å². The van der Waals surface area contributed by atoms with E-state index in [9.17, 15) is 8.78 Å². The van der Waals surface area contributed by atoms with E-state index in [2.05, 4.69) is 5.32 Å². The van der Waals surface area contributed by atoms with Crippen LogP contribution in [0.4, 0.5) is 8.78 Å². The molecule has 0 aromatic heterocycles. The van der Waals surface area contributed by atoms with Crippen molar-refractivity contribution < 1.29 is 8.78 Å². The molecule has 1 atom stereocenters. The molecule has 3 heteroatoms. The minimum atomic E-state index is -0.475. The largest absolute Gasteiger partial charge is 0.310 e. The van der Waals surface area contributed by atoms with E-state index in [1.165, 1.54) is 17.7 Å². The molecule has 112 valence electrons. The summed E-state index contributed by atoms with van der Waals surface area (Å²) in [5.41, 5.74) is 1.82. The van der Waals surface area contributed by atoms with Gasteiger partial charge >= 0.3 is 0 Å². The Labute approximate surface area is 125 Å². The topological polar surface area (TPSA) is 12.0 Å². The van der Waals surface area contributed by atoms with Gasteiger partial charge in [-0.05, 0) is 43.5 Å². The van der Waals surface area contributed by atoms with Crippen LogP contribution in [-0.4, -0.2) is 6.54 Å². The third-order valence-corrected chi connectivity index (χ3v) is 3.68. The highest BCUT2D eigenvalue weighted by atomic mass is 19.1. The standard InChI is InChI=1S/C18H21F2N/c1-3-21-16(12-10-14-7-5-4-6-8-14)17-15(19)11-9-13(2)18(17)20/h4-9,11,16,21H,3,10,12H2,1-2H3. The van der Waals surface area contributed by atoms with Crippen LogP contribution in [0.5, 0.6) is 0 Å². The van der Waals surface area contributed by atoms with Gasteiger partial charge in [-0.2, -0.15) is 0 Å². The van der Waals surface area contributed by atoms with Crippen molar-refractivity contribution in [3.8, 4) is 0 Å². The Hall–Kier alpha value is -1.74. The summed E-state index contributed by atoms with van der Waals surface area (Å²) in [4.78, 5) is 0. The lowest BCUT2D eigenvalue weighted by atomic mass is 9.96. The number of nitrogens with one attached hydrogen (secondary N) is 1. The average Bonchev–Trinajstić information content (AvgIpc) is 2.50. The molecule has 21 heavy (non-hydrogen) atoms. The van der Waals surface area contributed by atoms with Crippen LogP contribution < -0.4 is 5.32 Å². The van der Waals surface area contributed by atoms with Gasteiger partial charge in [-0.15, -0.1) is 0 Å². The molecule has 2 aromatic carbocycles. The van der Waals surface area contributed by atoms with Gasteiger partial charge in [0.05, 0.1) is 0 Å². The molecular weight excluding hydrogens is 268 g/mol. The first-order valence-corrected chi connectivity index (χ1v) is 7.35. The van der Waals surface area contributed by atoms with Crippen LogP contribution in [0.2, 0.25) is 0 Å². The van der Waals surface area contributed by atoms with Crippen molar-refractivity contribution in [3.63, 3.8) is 0 Å². The minimum Gasteiger partial charge on any atom is -0.310 e. The summed E-state index contributed by atoms with van der Waals surface area (Å²) in [5.74, 6) is -0.911. The number of aryl methyl sites for hydroxylation is 2. The van der Waals surface area contributed by atoms with Crippen molar-refractivity contribution in [3.05, 3.63) is 70.8 Å². The van der Waals surface area contributed by atoms with Crippen LogP contribution >= 0.6 is 0 Å². The molecule has 0 fully saturated rings. The molecule has 0 aliphatic rings. The first kappa shape index (κ1) is 15.6. The Morgan fingerprint density at radius 3 is 2.43 bits per heavy atom. The van der Waals surface area contributed by atoms with E-state index < -0.39 is 11.6 Å². The number of hydrogen-bond donors (Lipinski definition) is 1. The number of benzene rings is 2. The van der Waals surface area contributed by atoms with Gasteiger partial charge in [0.25, 0.3) is 0 Å². The Morgan fingerprint density at radius 1 is 1.05 bits per heavy atom. The van der Waals surface area contributed by atoms with E-state index in [4.69, 9.17) is 0 Å². The first-order chi connectivity index (χ1) is 10.1. The normalized spacial score (nSPS) is 12.4. The van der Waals surface area contributed by atoms with Gasteiger partial charge < -0.3 is 5.32 Å². The highest BCUT2D eigenvalue weighted by Crippen LogP contribution is 2.26. The molecule has 2 rings (SSSR count). The molecule has 1 nitrogen and oxygen atoms in total. The summed E-state index contributed by atoms with van der Waals surface area (Å²) in [6.45, 7) is 4.28. The summed E-state index contributed by atoms with van der Waals surface area (Å²) < 4.78 is 28.3. The molecule has 1 unspecified atom stereocenters. The maximum absolute atomic E-state index is 14.3. The Morgan fingerprint density at radius 2 is 1.76 bits per heavy atom. The van der Waals surface area contributed by atoms with Gasteiger partial charge in [0.15, 0.2) is 0 Å². The second-order valence-electron chi connectivity index (χ2n) is 5.23. The minimum absolute atomic E-state index is 0.160. The van der Waals surface area contributed by atoms with Crippen molar-refractivity contribution >= 4 is 0 Å². The third-order valence-electron chi connectivity index (χ3n) is 3.68. The Bertz CT molecular complexity index is 581. The quantitative estimate of drug-likeness (QED) is 0.822. The van der Waals surface area contributed by atoms with Crippen LogP contribution in [0.15, 0.2) is 42.5 Å². The van der Waals surface area contributed by atoms with Crippen LogP contribution in [0, 0.1) is 18.6 Å². The lowest BCUT2D eigenvalue weighted by molar-refractivity contribution is 0.452. The first-order valence-electron chi connectivity index (χ1n) is 7.35. The molecule has 0 bridgehead atoms. The van der Waals surface area contributed by atoms with Crippen LogP contribution in [0.25, 0.3) is 0 Å². The van der Waals surface area contributed by atoms with Crippen LogP contribution in [-0.2, 0) is 6.42 Å². The Kier molecular flexibility index (Phi) is 5.45. The second kappa shape index (κ2) is 7.32. The van der Waals surface area contributed by atoms with Crippen molar-refractivity contribution in [2.24, 2.45) is 0 Å². The van der Waals surface area contributed by atoms with E-state index in [1.54, 1.807) is 6.92 Å². The van der Waals surface area contributed by atoms with Gasteiger partial charge in [-0.1, -0.05) is 43.3 Å². The Balaban J connectivity index is 2.21. The fourth-order valence-corrected chi connectivity index (χ4v) is 2.55.